The molecule has 162 valence electrons. The number of amides is 1. The third-order valence-electron chi connectivity index (χ3n) is 6.56. The molecule has 2 N–H and O–H groups in total. The molecule has 1 aliphatic carbocycles. The predicted octanol–water partition coefficient (Wildman–Crippen LogP) is 4.23. The molecule has 7 heteroatoms. The van der Waals surface area contributed by atoms with Gasteiger partial charge in [-0.1, -0.05) is 69.6 Å². The van der Waals surface area contributed by atoms with Crippen LogP contribution in [0.3, 0.4) is 0 Å². The molecule has 2 aromatic rings. The van der Waals surface area contributed by atoms with Crippen LogP contribution >= 0.6 is 11.8 Å². The lowest BCUT2D eigenvalue weighted by Gasteiger charge is -2.44. The maximum Gasteiger partial charge on any atom is 0.233 e. The maximum atomic E-state index is 13.0. The molecule has 2 heterocycles. The standard InChI is InChI=1S/C23H33N5OS/c1-23(2,3)18-12-10-17(11-13-18)21-25-26-22(28(21)24)30-15-20(29)27-14-6-8-16-7-4-5-9-19(16)27/h10-13,16,19H,4-9,14-15,24H2,1-3H3. The summed E-state index contributed by atoms with van der Waals surface area (Å²) in [7, 11) is 0. The molecule has 2 aliphatic rings. The number of likely N-dealkylation sites (tertiary alicyclic amines) is 1. The lowest BCUT2D eigenvalue weighted by molar-refractivity contribution is -0.134. The van der Waals surface area contributed by atoms with Gasteiger partial charge in [0, 0.05) is 18.2 Å². The van der Waals surface area contributed by atoms with Crippen LogP contribution in [0.5, 0.6) is 0 Å². The maximum absolute atomic E-state index is 13.0. The Morgan fingerprint density at radius 2 is 1.80 bits per heavy atom. The highest BCUT2D eigenvalue weighted by Crippen LogP contribution is 2.36. The fraction of sp³-hybridized carbons (Fsp3) is 0.609. The number of benzene rings is 1. The van der Waals surface area contributed by atoms with E-state index in [1.807, 2.05) is 12.1 Å². The van der Waals surface area contributed by atoms with Crippen molar-refractivity contribution in [2.75, 3.05) is 18.1 Å². The van der Waals surface area contributed by atoms with Crippen molar-refractivity contribution in [1.82, 2.24) is 19.8 Å². The Balaban J connectivity index is 1.41. The first-order chi connectivity index (χ1) is 14.3. The van der Waals surface area contributed by atoms with E-state index >= 15 is 0 Å². The Morgan fingerprint density at radius 3 is 2.53 bits per heavy atom. The summed E-state index contributed by atoms with van der Waals surface area (Å²) in [6.45, 7) is 7.46. The van der Waals surface area contributed by atoms with Crippen molar-refractivity contribution in [3.8, 4) is 11.4 Å². The van der Waals surface area contributed by atoms with Crippen LogP contribution in [0.15, 0.2) is 29.4 Å². The molecule has 0 bridgehead atoms. The second kappa shape index (κ2) is 8.61. The highest BCUT2D eigenvalue weighted by Gasteiger charge is 2.35. The third-order valence-corrected chi connectivity index (χ3v) is 7.49. The van der Waals surface area contributed by atoms with Gasteiger partial charge < -0.3 is 10.7 Å². The second-order valence-corrected chi connectivity index (χ2v) is 10.6. The quantitative estimate of drug-likeness (QED) is 0.584. The van der Waals surface area contributed by atoms with Crippen LogP contribution in [0.1, 0.15) is 64.9 Å². The van der Waals surface area contributed by atoms with E-state index in [0.29, 0.717) is 28.7 Å². The summed E-state index contributed by atoms with van der Waals surface area (Å²) in [6.07, 6.45) is 7.38. The number of aromatic nitrogens is 3. The van der Waals surface area contributed by atoms with Gasteiger partial charge in [0.15, 0.2) is 5.82 Å². The zero-order chi connectivity index (χ0) is 21.3. The molecule has 6 nitrogen and oxygen atoms in total. The summed E-state index contributed by atoms with van der Waals surface area (Å²) < 4.78 is 1.50. The zero-order valence-electron chi connectivity index (χ0n) is 18.3. The predicted molar refractivity (Wildman–Crippen MR) is 122 cm³/mol. The van der Waals surface area contributed by atoms with E-state index in [1.54, 1.807) is 0 Å². The molecular formula is C23H33N5OS. The highest BCUT2D eigenvalue weighted by molar-refractivity contribution is 7.99. The van der Waals surface area contributed by atoms with E-state index < -0.39 is 0 Å². The van der Waals surface area contributed by atoms with Crippen molar-refractivity contribution in [1.29, 1.82) is 0 Å². The number of nitrogens with two attached hydrogens (primary N) is 1. The van der Waals surface area contributed by atoms with Gasteiger partial charge in [0.1, 0.15) is 0 Å². The normalized spacial score (nSPS) is 22.0. The number of thioether (sulfide) groups is 1. The summed E-state index contributed by atoms with van der Waals surface area (Å²) in [4.78, 5) is 15.1. The van der Waals surface area contributed by atoms with Gasteiger partial charge in [0.25, 0.3) is 0 Å². The van der Waals surface area contributed by atoms with Crippen LogP contribution in [0.4, 0.5) is 0 Å². The fourth-order valence-electron chi connectivity index (χ4n) is 4.84. The van der Waals surface area contributed by atoms with Crippen LogP contribution in [-0.2, 0) is 10.2 Å². The van der Waals surface area contributed by atoms with Gasteiger partial charge in [-0.25, -0.2) is 4.68 Å². The largest absolute Gasteiger partial charge is 0.339 e. The zero-order valence-corrected chi connectivity index (χ0v) is 19.1. The number of fused-ring (bicyclic) bond motifs is 1. The molecule has 1 aliphatic heterocycles. The van der Waals surface area contributed by atoms with Gasteiger partial charge >= 0.3 is 0 Å². The molecule has 1 aromatic heterocycles. The lowest BCUT2D eigenvalue weighted by Crippen LogP contribution is -2.50. The Labute approximate surface area is 183 Å². The molecular weight excluding hydrogens is 394 g/mol. The average Bonchev–Trinajstić information content (AvgIpc) is 3.11. The van der Waals surface area contributed by atoms with Gasteiger partial charge in [-0.15, -0.1) is 10.2 Å². The first kappa shape index (κ1) is 21.2. The van der Waals surface area contributed by atoms with Gasteiger partial charge in [-0.2, -0.15) is 0 Å². The highest BCUT2D eigenvalue weighted by atomic mass is 32.2. The minimum atomic E-state index is 0.0993. The number of carbonyl (C=O) groups excluding carboxylic acids is 1. The molecule has 2 atom stereocenters. The Morgan fingerprint density at radius 1 is 1.10 bits per heavy atom. The molecule has 2 unspecified atom stereocenters. The fourth-order valence-corrected chi connectivity index (χ4v) is 5.58. The van der Waals surface area contributed by atoms with Crippen molar-refractivity contribution in [2.24, 2.45) is 5.92 Å². The van der Waals surface area contributed by atoms with Crippen molar-refractivity contribution in [3.63, 3.8) is 0 Å². The van der Waals surface area contributed by atoms with Crippen molar-refractivity contribution in [2.45, 2.75) is 75.9 Å². The van der Waals surface area contributed by atoms with Crippen LogP contribution < -0.4 is 5.84 Å². The van der Waals surface area contributed by atoms with E-state index in [1.165, 1.54) is 47.7 Å². The number of carbonyl (C=O) groups is 1. The summed E-state index contributed by atoms with van der Waals surface area (Å²) >= 11 is 1.38. The first-order valence-electron chi connectivity index (χ1n) is 11.1. The SMILES string of the molecule is CC(C)(C)c1ccc(-c2nnc(SCC(=O)N3CCCC4CCCCC43)n2N)cc1. The summed E-state index contributed by atoms with van der Waals surface area (Å²) in [5, 5.41) is 9.10. The Hall–Kier alpha value is -2.02. The summed E-state index contributed by atoms with van der Waals surface area (Å²) in [5.74, 6) is 8.16. The lowest BCUT2D eigenvalue weighted by atomic mass is 9.78. The van der Waals surface area contributed by atoms with Crippen LogP contribution in [0.2, 0.25) is 0 Å². The van der Waals surface area contributed by atoms with E-state index in [-0.39, 0.29) is 11.3 Å². The number of hydrogen-bond donors (Lipinski definition) is 1. The van der Waals surface area contributed by atoms with Gasteiger partial charge in [-0.05, 0) is 42.6 Å². The summed E-state index contributed by atoms with van der Waals surface area (Å²) in [6, 6.07) is 8.72. The minimum absolute atomic E-state index is 0.0993. The molecule has 0 radical (unpaired) electrons. The van der Waals surface area contributed by atoms with Crippen molar-refractivity contribution < 1.29 is 4.79 Å². The van der Waals surface area contributed by atoms with E-state index in [0.717, 1.165) is 24.9 Å². The first-order valence-corrected chi connectivity index (χ1v) is 12.1. The molecule has 1 saturated heterocycles. The summed E-state index contributed by atoms with van der Waals surface area (Å²) in [5.41, 5.74) is 2.29. The van der Waals surface area contributed by atoms with Crippen LogP contribution in [-0.4, -0.2) is 44.0 Å². The van der Waals surface area contributed by atoms with E-state index in [2.05, 4.69) is 48.0 Å². The van der Waals surface area contributed by atoms with Crippen LogP contribution in [0.25, 0.3) is 11.4 Å². The van der Waals surface area contributed by atoms with Gasteiger partial charge in [-0.3, -0.25) is 4.79 Å². The minimum Gasteiger partial charge on any atom is -0.339 e. The Bertz CT molecular complexity index is 884. The third kappa shape index (κ3) is 4.36. The molecule has 1 aromatic carbocycles. The van der Waals surface area contributed by atoms with Crippen LogP contribution in [0, 0.1) is 5.92 Å². The Kier molecular flexibility index (Phi) is 6.09. The molecule has 30 heavy (non-hydrogen) atoms. The number of nitrogen functional groups attached to an aromatic ring is 1. The topological polar surface area (TPSA) is 77.0 Å². The second-order valence-electron chi connectivity index (χ2n) is 9.63. The van der Waals surface area contributed by atoms with Crippen molar-refractivity contribution in [3.05, 3.63) is 29.8 Å². The molecule has 0 spiro atoms. The van der Waals surface area contributed by atoms with E-state index in [9.17, 15) is 4.79 Å². The number of hydrogen-bond acceptors (Lipinski definition) is 5. The van der Waals surface area contributed by atoms with Crippen molar-refractivity contribution >= 4 is 17.7 Å². The molecule has 4 rings (SSSR count). The van der Waals surface area contributed by atoms with Gasteiger partial charge in [0.05, 0.1) is 5.75 Å². The molecule has 1 amide bonds. The van der Waals surface area contributed by atoms with E-state index in [4.69, 9.17) is 5.84 Å². The monoisotopic (exact) mass is 427 g/mol. The number of piperidine rings is 1. The van der Waals surface area contributed by atoms with Gasteiger partial charge in [0.2, 0.25) is 11.1 Å². The smallest absolute Gasteiger partial charge is 0.233 e. The number of rotatable bonds is 4. The number of nitrogens with zero attached hydrogens (tertiary/aromatic N) is 4. The molecule has 1 saturated carbocycles. The molecule has 2 fully saturated rings. The average molecular weight is 428 g/mol.